The molecule has 6 rings (SSSR count). The molecule has 3 aliphatic rings. The fourth-order valence-corrected chi connectivity index (χ4v) is 5.94. The smallest absolute Gasteiger partial charge is 0.321 e. The lowest BCUT2D eigenvalue weighted by molar-refractivity contribution is -0.126. The van der Waals surface area contributed by atoms with Crippen LogP contribution in [-0.4, -0.2) is 78.1 Å². The van der Waals surface area contributed by atoms with Crippen LogP contribution in [0.25, 0.3) is 16.5 Å². The highest BCUT2D eigenvalue weighted by atomic mass is 35.5. The van der Waals surface area contributed by atoms with E-state index in [0.29, 0.717) is 67.9 Å². The van der Waals surface area contributed by atoms with E-state index in [1.165, 1.54) is 12.5 Å². The molecule has 1 aromatic heterocycles. The van der Waals surface area contributed by atoms with Crippen molar-refractivity contribution in [1.29, 1.82) is 0 Å². The molecule has 39 heavy (non-hydrogen) atoms. The van der Waals surface area contributed by atoms with Gasteiger partial charge in [0.05, 0.1) is 5.56 Å². The Kier molecular flexibility index (Phi) is 7.14. The number of hydrogen-bond acceptors (Lipinski definition) is 7. The van der Waals surface area contributed by atoms with Gasteiger partial charge in [-0.3, -0.25) is 4.79 Å². The maximum atomic E-state index is 12.1. The Morgan fingerprint density at radius 2 is 1.95 bits per heavy atom. The van der Waals surface area contributed by atoms with E-state index in [1.54, 1.807) is 0 Å². The fraction of sp³-hybridized carbons (Fsp3) is 0.367. The third-order valence-electron chi connectivity index (χ3n) is 7.89. The summed E-state index contributed by atoms with van der Waals surface area (Å²) in [5.74, 6) is 1.97. The number of aromatic nitrogens is 2. The Morgan fingerprint density at radius 1 is 1.15 bits per heavy atom. The lowest BCUT2D eigenvalue weighted by Crippen LogP contribution is -2.49. The SMILES string of the molecule is C=CC(=O)N1CCN(c2nc(OCC3CCCN3C)nc3c2CC=C(c2cccc4cccc(Cl)c24)O3)CC1. The Bertz CT molecular complexity index is 1440. The number of carbonyl (C=O) groups excluding carboxylic acids is 1. The van der Waals surface area contributed by atoms with Crippen LogP contribution < -0.4 is 14.4 Å². The van der Waals surface area contributed by atoms with Gasteiger partial charge in [0.15, 0.2) is 0 Å². The molecule has 0 radical (unpaired) electrons. The van der Waals surface area contributed by atoms with Crippen molar-refractivity contribution in [2.75, 3.05) is 51.3 Å². The fourth-order valence-electron chi connectivity index (χ4n) is 5.66. The molecule has 9 heteroatoms. The second kappa shape index (κ2) is 10.9. The number of carbonyl (C=O) groups is 1. The predicted octanol–water partition coefficient (Wildman–Crippen LogP) is 4.57. The maximum absolute atomic E-state index is 12.1. The minimum absolute atomic E-state index is 0.0475. The van der Waals surface area contributed by atoms with E-state index in [-0.39, 0.29) is 5.91 Å². The summed E-state index contributed by atoms with van der Waals surface area (Å²) >= 11 is 6.62. The Morgan fingerprint density at radius 3 is 2.69 bits per heavy atom. The molecule has 2 saturated heterocycles. The monoisotopic (exact) mass is 545 g/mol. The molecule has 4 heterocycles. The maximum Gasteiger partial charge on any atom is 0.321 e. The molecule has 8 nitrogen and oxygen atoms in total. The molecule has 1 amide bonds. The van der Waals surface area contributed by atoms with Crippen LogP contribution in [0.4, 0.5) is 5.82 Å². The van der Waals surface area contributed by atoms with Crippen molar-refractivity contribution in [3.05, 3.63) is 71.3 Å². The van der Waals surface area contributed by atoms with Crippen LogP contribution in [-0.2, 0) is 11.2 Å². The number of piperazine rings is 1. The standard InChI is InChI=1S/C30H32ClN5O3/c1-3-26(37)35-15-17-36(18-16-35)28-23-12-13-25(22-10-4-7-20-8-5-11-24(31)27(20)22)39-29(23)33-30(32-28)38-19-21-9-6-14-34(21)2/h3-5,7-8,10-11,13,21H,1,6,9,12,14-19H2,2H3. The quantitative estimate of drug-likeness (QED) is 0.420. The van der Waals surface area contributed by atoms with E-state index < -0.39 is 0 Å². The first-order valence-corrected chi connectivity index (χ1v) is 13.9. The Hall–Kier alpha value is -3.62. The van der Waals surface area contributed by atoms with Gasteiger partial charge in [-0.15, -0.1) is 0 Å². The van der Waals surface area contributed by atoms with Gasteiger partial charge < -0.3 is 24.2 Å². The van der Waals surface area contributed by atoms with E-state index in [2.05, 4.69) is 29.5 Å². The number of allylic oxidation sites excluding steroid dienone is 1. The summed E-state index contributed by atoms with van der Waals surface area (Å²) in [6.45, 7) is 7.73. The van der Waals surface area contributed by atoms with Crippen LogP contribution in [0, 0.1) is 0 Å². The van der Waals surface area contributed by atoms with Gasteiger partial charge in [0.2, 0.25) is 11.8 Å². The number of benzene rings is 2. The highest BCUT2D eigenvalue weighted by Crippen LogP contribution is 2.39. The largest absolute Gasteiger partial charge is 0.462 e. The molecule has 0 saturated carbocycles. The summed E-state index contributed by atoms with van der Waals surface area (Å²) in [6, 6.07) is 12.6. The third-order valence-corrected chi connectivity index (χ3v) is 8.20. The molecule has 2 fully saturated rings. The van der Waals surface area contributed by atoms with Crippen LogP contribution in [0.3, 0.4) is 0 Å². The second-order valence-corrected chi connectivity index (χ2v) is 10.6. The Labute approximate surface area is 233 Å². The predicted molar refractivity (Wildman–Crippen MR) is 153 cm³/mol. The number of hydrogen-bond donors (Lipinski definition) is 0. The van der Waals surface area contributed by atoms with Crippen LogP contribution >= 0.6 is 11.6 Å². The van der Waals surface area contributed by atoms with Gasteiger partial charge in [-0.1, -0.05) is 48.5 Å². The number of rotatable bonds is 6. The number of fused-ring (bicyclic) bond motifs is 2. The average Bonchev–Trinajstić information content (AvgIpc) is 3.39. The number of anilines is 1. The first-order valence-electron chi connectivity index (χ1n) is 13.5. The third kappa shape index (κ3) is 5.06. The zero-order chi connectivity index (χ0) is 26.9. The minimum Gasteiger partial charge on any atom is -0.462 e. The van der Waals surface area contributed by atoms with Gasteiger partial charge in [0.25, 0.3) is 0 Å². The van der Waals surface area contributed by atoms with Gasteiger partial charge in [0.1, 0.15) is 18.2 Å². The first kappa shape index (κ1) is 25.6. The zero-order valence-corrected chi connectivity index (χ0v) is 22.9. The van der Waals surface area contributed by atoms with Crippen molar-refractivity contribution < 1.29 is 14.3 Å². The molecule has 1 unspecified atom stereocenters. The molecule has 3 aromatic rings. The first-order chi connectivity index (χ1) is 19.0. The topological polar surface area (TPSA) is 71.0 Å². The van der Waals surface area contributed by atoms with E-state index in [9.17, 15) is 4.79 Å². The highest BCUT2D eigenvalue weighted by Gasteiger charge is 2.29. The van der Waals surface area contributed by atoms with Crippen molar-refractivity contribution in [1.82, 2.24) is 19.8 Å². The van der Waals surface area contributed by atoms with Gasteiger partial charge in [-0.05, 0) is 50.0 Å². The summed E-state index contributed by atoms with van der Waals surface area (Å²) in [6.07, 6.45) is 6.31. The molecule has 2 aromatic carbocycles. The van der Waals surface area contributed by atoms with Crippen LogP contribution in [0.2, 0.25) is 5.02 Å². The summed E-state index contributed by atoms with van der Waals surface area (Å²) < 4.78 is 12.7. The van der Waals surface area contributed by atoms with E-state index >= 15 is 0 Å². The van der Waals surface area contributed by atoms with E-state index in [1.807, 2.05) is 41.3 Å². The molecule has 0 spiro atoms. The number of nitrogens with zero attached hydrogens (tertiary/aromatic N) is 5. The highest BCUT2D eigenvalue weighted by molar-refractivity contribution is 6.36. The molecule has 0 bridgehead atoms. The molecule has 0 aliphatic carbocycles. The Balaban J connectivity index is 1.32. The van der Waals surface area contributed by atoms with Crippen molar-refractivity contribution >= 4 is 39.9 Å². The minimum atomic E-state index is -0.0475. The van der Waals surface area contributed by atoms with Crippen LogP contribution in [0.15, 0.2) is 55.1 Å². The lowest BCUT2D eigenvalue weighted by atomic mass is 10.0. The normalized spacial score (nSPS) is 19.4. The van der Waals surface area contributed by atoms with Crippen molar-refractivity contribution in [3.63, 3.8) is 0 Å². The number of likely N-dealkylation sites (tertiary alicyclic amines) is 1. The molecular weight excluding hydrogens is 514 g/mol. The summed E-state index contributed by atoms with van der Waals surface area (Å²) in [4.78, 5) is 28.0. The summed E-state index contributed by atoms with van der Waals surface area (Å²) in [5.41, 5.74) is 1.84. The summed E-state index contributed by atoms with van der Waals surface area (Å²) in [7, 11) is 2.12. The van der Waals surface area contributed by atoms with Crippen molar-refractivity contribution in [2.24, 2.45) is 0 Å². The molecule has 3 aliphatic heterocycles. The van der Waals surface area contributed by atoms with Crippen molar-refractivity contribution in [2.45, 2.75) is 25.3 Å². The van der Waals surface area contributed by atoms with Crippen LogP contribution in [0.1, 0.15) is 24.0 Å². The molecule has 1 atom stereocenters. The van der Waals surface area contributed by atoms with Gasteiger partial charge in [0, 0.05) is 54.6 Å². The number of likely N-dealkylation sites (N-methyl/N-ethyl adjacent to an activating group) is 1. The molecule has 0 N–H and O–H groups in total. The van der Waals surface area contributed by atoms with Crippen LogP contribution in [0.5, 0.6) is 11.9 Å². The molecular formula is C30H32ClN5O3. The lowest BCUT2D eigenvalue weighted by Gasteiger charge is -2.36. The van der Waals surface area contributed by atoms with E-state index in [4.69, 9.17) is 31.0 Å². The van der Waals surface area contributed by atoms with Crippen molar-refractivity contribution in [3.8, 4) is 11.9 Å². The van der Waals surface area contributed by atoms with Gasteiger partial charge >= 0.3 is 6.01 Å². The second-order valence-electron chi connectivity index (χ2n) is 10.2. The summed E-state index contributed by atoms with van der Waals surface area (Å²) in [5, 5.41) is 2.68. The zero-order valence-electron chi connectivity index (χ0n) is 22.1. The number of ether oxygens (including phenoxy) is 2. The number of amides is 1. The number of halogens is 1. The van der Waals surface area contributed by atoms with Gasteiger partial charge in [-0.25, -0.2) is 0 Å². The average molecular weight is 546 g/mol. The van der Waals surface area contributed by atoms with Gasteiger partial charge in [-0.2, -0.15) is 9.97 Å². The molecule has 202 valence electrons. The van der Waals surface area contributed by atoms with E-state index in [0.717, 1.165) is 40.7 Å².